The van der Waals surface area contributed by atoms with Crippen LogP contribution in [-0.4, -0.2) is 21.5 Å². The monoisotopic (exact) mass is 964 g/mol. The van der Waals surface area contributed by atoms with Crippen molar-refractivity contribution >= 4 is 38.9 Å². The van der Waals surface area contributed by atoms with Gasteiger partial charge in [0.25, 0.3) is 0 Å². The van der Waals surface area contributed by atoms with Crippen LogP contribution in [0.25, 0.3) is 61.0 Å². The van der Waals surface area contributed by atoms with E-state index in [1.807, 2.05) is 23.4 Å². The molecule has 0 bridgehead atoms. The van der Waals surface area contributed by atoms with Gasteiger partial charge in [0.2, 0.25) is 0 Å². The Morgan fingerprint density at radius 3 is 1.90 bits per heavy atom. The number of pyridine rings is 1. The van der Waals surface area contributed by atoms with Crippen LogP contribution in [0.5, 0.6) is 0 Å². The number of aromatic nitrogens is 2. The summed E-state index contributed by atoms with van der Waals surface area (Å²) in [6.07, 6.45) is 1.93. The zero-order valence-electron chi connectivity index (χ0n) is 33.1. The summed E-state index contributed by atoms with van der Waals surface area (Å²) in [7, 11) is 1.99. The predicted octanol–water partition coefficient (Wildman–Crippen LogP) is 12.9. The summed E-state index contributed by atoms with van der Waals surface area (Å²) >= 11 is 0. The summed E-state index contributed by atoms with van der Waals surface area (Å²) in [5, 5.41) is 6.20. The Labute approximate surface area is 368 Å². The van der Waals surface area contributed by atoms with Gasteiger partial charge in [0.15, 0.2) is 0 Å². The van der Waals surface area contributed by atoms with Crippen molar-refractivity contribution < 1.29 is 26.0 Å². The number of nitrogens with zero attached hydrogens (tertiary/aromatic N) is 4. The van der Waals surface area contributed by atoms with Crippen molar-refractivity contribution in [3.63, 3.8) is 0 Å². The van der Waals surface area contributed by atoms with E-state index in [1.165, 1.54) is 33.4 Å². The fourth-order valence-electron chi connectivity index (χ4n) is 9.75. The molecule has 2 aromatic heterocycles. The first-order valence-corrected chi connectivity index (χ1v) is 20.3. The number of para-hydroxylation sites is 3. The molecule has 3 heterocycles. The van der Waals surface area contributed by atoms with Crippen LogP contribution < -0.4 is 10.1 Å². The van der Waals surface area contributed by atoms with E-state index in [4.69, 9.17) is 9.92 Å². The number of anilines is 3. The van der Waals surface area contributed by atoms with Gasteiger partial charge in [-0.05, 0) is 80.2 Å². The smallest absolute Gasteiger partial charge is 0.145 e. The third-order valence-corrected chi connectivity index (χ3v) is 12.3. The third kappa shape index (κ3) is 5.58. The van der Waals surface area contributed by atoms with Gasteiger partial charge in [-0.15, -0.1) is 38.8 Å². The number of rotatable bonds is 6. The number of hydroxylamine groups is 1. The molecule has 1 N–H and O–H groups in total. The molecule has 0 saturated heterocycles. The molecule has 0 radical (unpaired) electrons. The maximum absolute atomic E-state index is 5.08. The summed E-state index contributed by atoms with van der Waals surface area (Å²) in [5.74, 6) is 0.836. The van der Waals surface area contributed by atoms with E-state index in [-0.39, 0.29) is 21.1 Å². The zero-order chi connectivity index (χ0) is 39.8. The average Bonchev–Trinajstić information content (AvgIpc) is 3.95. The van der Waals surface area contributed by atoms with Crippen LogP contribution >= 0.6 is 0 Å². The van der Waals surface area contributed by atoms with Gasteiger partial charge in [-0.3, -0.25) is 0 Å². The molecule has 1 aliphatic heterocycles. The number of hydrogen-bond acceptors (Lipinski definition) is 3. The van der Waals surface area contributed by atoms with E-state index in [0.29, 0.717) is 0 Å². The Balaban J connectivity index is 0.00000420. The van der Waals surface area contributed by atoms with Crippen LogP contribution in [-0.2, 0) is 26.5 Å². The van der Waals surface area contributed by atoms with Crippen molar-refractivity contribution in [2.24, 2.45) is 0 Å². The molecule has 61 heavy (non-hydrogen) atoms. The Morgan fingerprint density at radius 1 is 0.508 bits per heavy atom. The fraction of sp³-hybridized carbons (Fsp3) is 0.0364. The Bertz CT molecular complexity index is 3260. The van der Waals surface area contributed by atoms with Gasteiger partial charge in [0.05, 0.1) is 7.05 Å². The van der Waals surface area contributed by atoms with E-state index < -0.39 is 5.41 Å². The third-order valence-electron chi connectivity index (χ3n) is 12.3. The van der Waals surface area contributed by atoms with E-state index in [9.17, 15) is 0 Å². The standard InChI is InChI=1S/C55H36N4O.Pt/c1-57-51-28-13-14-29-52(51)59(60-57)41-19-15-18-39(35-41)55(48-25-10-7-22-44(48)45-23-8-11-26-49(45)55)40-30-31-47-46-24-9-12-27-50(46)58(53(47)36-40)54-34-38(32-33-56-54)43-21-6-5-20-42(43)37-16-3-2-4-17-37;/h2-34H,1H3;/q-2;/p+1. The van der Waals surface area contributed by atoms with E-state index >= 15 is 0 Å². The molecule has 1 aliphatic carbocycles. The van der Waals surface area contributed by atoms with E-state index in [2.05, 4.69) is 211 Å². The van der Waals surface area contributed by atoms with Gasteiger partial charge in [0, 0.05) is 43.9 Å². The molecule has 0 fully saturated rings. The Morgan fingerprint density at radius 2 is 1.13 bits per heavy atom. The summed E-state index contributed by atoms with van der Waals surface area (Å²) in [5.41, 5.74) is 15.8. The normalized spacial score (nSPS) is 13.5. The molecule has 12 rings (SSSR count). The van der Waals surface area contributed by atoms with Crippen molar-refractivity contribution in [3.8, 4) is 39.2 Å². The van der Waals surface area contributed by atoms with Crippen molar-refractivity contribution in [1.29, 1.82) is 0 Å². The first-order chi connectivity index (χ1) is 29.7. The van der Waals surface area contributed by atoms with Crippen molar-refractivity contribution in [2.45, 2.75) is 5.41 Å². The minimum atomic E-state index is -0.742. The van der Waals surface area contributed by atoms with Gasteiger partial charge < -0.3 is 4.57 Å². The molecule has 0 spiro atoms. The molecule has 5 nitrogen and oxygen atoms in total. The quantitative estimate of drug-likeness (QED) is 0.123. The molecule has 0 saturated carbocycles. The summed E-state index contributed by atoms with van der Waals surface area (Å²) < 4.78 is 2.29. The van der Waals surface area contributed by atoms with Crippen molar-refractivity contribution in [1.82, 2.24) is 9.55 Å². The molecule has 294 valence electrons. The SMILES string of the molecule is CN1[OH+]N(c2[c-]c(C3(c4[c-]c5c(cc4)c4ccccc4n5-c4cc(-c5ccccc5-c5ccccc5)ccn4)c4ccccc4-c4ccccc43)ccc2)c2ccccc21.[Pt]. The van der Waals surface area contributed by atoms with Gasteiger partial charge >= 0.3 is 0 Å². The van der Waals surface area contributed by atoms with Crippen LogP contribution in [0.15, 0.2) is 200 Å². The molecule has 0 amide bonds. The molecule has 10 aromatic rings. The number of benzene rings is 8. The number of fused-ring (bicyclic) bond motifs is 7. The van der Waals surface area contributed by atoms with Crippen molar-refractivity contribution in [3.05, 3.63) is 235 Å². The zero-order valence-corrected chi connectivity index (χ0v) is 35.4. The number of hydrogen-bond donors (Lipinski definition) is 0. The first kappa shape index (κ1) is 37.0. The molecule has 0 atom stereocenters. The minimum Gasteiger partial charge on any atom is -0.319 e. The van der Waals surface area contributed by atoms with Gasteiger partial charge in [-0.25, -0.2) is 4.98 Å². The maximum Gasteiger partial charge on any atom is 0.145 e. The molecule has 2 aliphatic rings. The average molecular weight is 965 g/mol. The van der Waals surface area contributed by atoms with E-state index in [0.717, 1.165) is 66.9 Å². The summed E-state index contributed by atoms with van der Waals surface area (Å²) in [6.45, 7) is 0. The van der Waals surface area contributed by atoms with Crippen LogP contribution in [0.1, 0.15) is 22.3 Å². The van der Waals surface area contributed by atoms with Gasteiger partial charge in [0.1, 0.15) is 17.2 Å². The topological polar surface area (TPSA) is 37.1 Å². The summed E-state index contributed by atoms with van der Waals surface area (Å²) in [4.78, 5) is 10.0. The minimum absolute atomic E-state index is 0. The molecule has 6 heteroatoms. The second-order valence-corrected chi connectivity index (χ2v) is 15.5. The van der Waals surface area contributed by atoms with Crippen molar-refractivity contribution in [2.75, 3.05) is 17.2 Å². The van der Waals surface area contributed by atoms with Crippen LogP contribution in [0.4, 0.5) is 17.1 Å². The first-order valence-electron chi connectivity index (χ1n) is 20.3. The van der Waals surface area contributed by atoms with Crippen LogP contribution in [0.2, 0.25) is 0 Å². The van der Waals surface area contributed by atoms with Crippen LogP contribution in [0.3, 0.4) is 0 Å². The van der Waals surface area contributed by atoms with Gasteiger partial charge in [-0.1, -0.05) is 139 Å². The molecular weight excluding hydrogens is 928 g/mol. The maximum atomic E-state index is 5.08. The Kier molecular flexibility index (Phi) is 8.85. The summed E-state index contributed by atoms with van der Waals surface area (Å²) in [6, 6.07) is 77.2. The predicted molar refractivity (Wildman–Crippen MR) is 243 cm³/mol. The van der Waals surface area contributed by atoms with Gasteiger partial charge in [-0.2, -0.15) is 35.3 Å². The largest absolute Gasteiger partial charge is 0.319 e. The molecule has 0 unspecified atom stereocenters. The van der Waals surface area contributed by atoms with Crippen LogP contribution in [0, 0.1) is 12.1 Å². The second-order valence-electron chi connectivity index (χ2n) is 15.5. The molecule has 8 aromatic carbocycles. The van der Waals surface area contributed by atoms with E-state index in [1.54, 1.807) is 0 Å². The fourth-order valence-corrected chi connectivity index (χ4v) is 9.75. The molecular formula is C55H37N4OPt-. The second kappa shape index (κ2) is 14.6. The Hall–Kier alpha value is -7.04.